The number of nitro benzene ring substituents is 1. The Morgan fingerprint density at radius 1 is 1.42 bits per heavy atom. The van der Waals surface area contributed by atoms with Crippen LogP contribution >= 0.6 is 11.8 Å². The highest BCUT2D eigenvalue weighted by Crippen LogP contribution is 2.40. The van der Waals surface area contributed by atoms with Gasteiger partial charge >= 0.3 is 0 Å². The highest BCUT2D eigenvalue weighted by molar-refractivity contribution is 7.99. The number of anilines is 1. The van der Waals surface area contributed by atoms with Crippen LogP contribution in [0.15, 0.2) is 12.1 Å². The van der Waals surface area contributed by atoms with Gasteiger partial charge in [-0.05, 0) is 23.8 Å². The topological polar surface area (TPSA) is 73.6 Å². The second-order valence-electron chi connectivity index (χ2n) is 4.59. The van der Waals surface area contributed by atoms with E-state index in [9.17, 15) is 10.1 Å². The van der Waals surface area contributed by atoms with E-state index in [1.165, 1.54) is 11.8 Å². The van der Waals surface area contributed by atoms with Crippen molar-refractivity contribution < 1.29 is 14.4 Å². The highest BCUT2D eigenvalue weighted by atomic mass is 32.2. The Kier molecular flexibility index (Phi) is 3.37. The van der Waals surface area contributed by atoms with Gasteiger partial charge in [-0.25, -0.2) is 0 Å². The molecule has 2 aliphatic heterocycles. The molecule has 0 amide bonds. The van der Waals surface area contributed by atoms with E-state index in [1.807, 2.05) is 11.8 Å². The molecule has 2 heterocycles. The minimum absolute atomic E-state index is 0.0369. The Hall–Kier alpha value is -1.63. The standard InChI is InChI=1S/C12H14N2O4S/c15-14(16)10-4-12-11(17-7-18-12)3-9(10)13-5-8-1-2-19-6-8/h3-4,8,13H,1-2,5-7H2. The number of benzene rings is 1. The molecule has 1 aromatic carbocycles. The molecule has 0 spiro atoms. The third kappa shape index (κ3) is 2.56. The van der Waals surface area contributed by atoms with Crippen LogP contribution in [0.1, 0.15) is 6.42 Å². The van der Waals surface area contributed by atoms with Gasteiger partial charge < -0.3 is 14.8 Å². The van der Waals surface area contributed by atoms with Crippen LogP contribution < -0.4 is 14.8 Å². The monoisotopic (exact) mass is 282 g/mol. The van der Waals surface area contributed by atoms with Crippen molar-refractivity contribution in [1.29, 1.82) is 0 Å². The number of nitrogens with zero attached hydrogens (tertiary/aromatic N) is 1. The summed E-state index contributed by atoms with van der Waals surface area (Å²) in [5.74, 6) is 3.87. The van der Waals surface area contributed by atoms with Crippen LogP contribution in [0, 0.1) is 16.0 Å². The van der Waals surface area contributed by atoms with Gasteiger partial charge in [0.05, 0.1) is 11.0 Å². The van der Waals surface area contributed by atoms with Gasteiger partial charge in [0, 0.05) is 12.6 Å². The molecule has 0 bridgehead atoms. The molecule has 102 valence electrons. The molecule has 1 saturated heterocycles. The molecule has 1 N–H and O–H groups in total. The van der Waals surface area contributed by atoms with Crippen LogP contribution in [0.4, 0.5) is 11.4 Å². The van der Waals surface area contributed by atoms with Crippen molar-refractivity contribution in [3.8, 4) is 11.5 Å². The Labute approximate surface area is 114 Å². The molecule has 2 aliphatic rings. The second kappa shape index (κ2) is 5.16. The van der Waals surface area contributed by atoms with Crippen molar-refractivity contribution in [3.63, 3.8) is 0 Å². The van der Waals surface area contributed by atoms with Gasteiger partial charge in [0.1, 0.15) is 5.69 Å². The molecule has 0 saturated carbocycles. The molecule has 1 atom stereocenters. The Bertz CT molecular complexity index is 503. The molecule has 6 nitrogen and oxygen atoms in total. The summed E-state index contributed by atoms with van der Waals surface area (Å²) >= 11 is 1.93. The maximum Gasteiger partial charge on any atom is 0.296 e. The molecule has 0 aliphatic carbocycles. The number of ether oxygens (including phenoxy) is 2. The average Bonchev–Trinajstić information content (AvgIpc) is 3.05. The van der Waals surface area contributed by atoms with Crippen LogP contribution in [0.5, 0.6) is 11.5 Å². The van der Waals surface area contributed by atoms with E-state index in [1.54, 1.807) is 6.07 Å². The summed E-state index contributed by atoms with van der Waals surface area (Å²) in [5.41, 5.74) is 0.543. The van der Waals surface area contributed by atoms with E-state index in [4.69, 9.17) is 9.47 Å². The quantitative estimate of drug-likeness (QED) is 0.675. The molecule has 3 rings (SSSR count). The summed E-state index contributed by atoms with van der Waals surface area (Å²) in [4.78, 5) is 10.7. The van der Waals surface area contributed by atoms with Crippen molar-refractivity contribution in [2.45, 2.75) is 6.42 Å². The van der Waals surface area contributed by atoms with Crippen molar-refractivity contribution in [3.05, 3.63) is 22.2 Å². The van der Waals surface area contributed by atoms with Crippen LogP contribution in [0.2, 0.25) is 0 Å². The summed E-state index contributed by atoms with van der Waals surface area (Å²) in [7, 11) is 0. The highest BCUT2D eigenvalue weighted by Gasteiger charge is 2.24. The third-order valence-corrected chi connectivity index (χ3v) is 4.52. The molecular formula is C12H14N2O4S. The Morgan fingerprint density at radius 3 is 2.89 bits per heavy atom. The van der Waals surface area contributed by atoms with E-state index in [0.29, 0.717) is 23.1 Å². The zero-order valence-corrected chi connectivity index (χ0v) is 11.1. The number of nitro groups is 1. The van der Waals surface area contributed by atoms with Gasteiger partial charge in [-0.15, -0.1) is 0 Å². The minimum atomic E-state index is -0.395. The van der Waals surface area contributed by atoms with Gasteiger partial charge in [0.15, 0.2) is 11.5 Å². The minimum Gasteiger partial charge on any atom is -0.454 e. The number of nitrogens with one attached hydrogen (secondary N) is 1. The fraction of sp³-hybridized carbons (Fsp3) is 0.500. The van der Waals surface area contributed by atoms with E-state index in [0.717, 1.165) is 18.7 Å². The lowest BCUT2D eigenvalue weighted by Gasteiger charge is -2.12. The lowest BCUT2D eigenvalue weighted by atomic mass is 10.1. The molecule has 1 fully saturated rings. The number of fused-ring (bicyclic) bond motifs is 1. The Morgan fingerprint density at radius 2 is 2.21 bits per heavy atom. The lowest BCUT2D eigenvalue weighted by Crippen LogP contribution is -2.14. The molecular weight excluding hydrogens is 268 g/mol. The lowest BCUT2D eigenvalue weighted by molar-refractivity contribution is -0.384. The first-order chi connectivity index (χ1) is 9.24. The summed E-state index contributed by atoms with van der Waals surface area (Å²) < 4.78 is 10.4. The maximum atomic E-state index is 11.1. The van der Waals surface area contributed by atoms with E-state index in [2.05, 4.69) is 5.32 Å². The van der Waals surface area contributed by atoms with E-state index < -0.39 is 4.92 Å². The molecule has 0 radical (unpaired) electrons. The number of hydrogen-bond donors (Lipinski definition) is 1. The van der Waals surface area contributed by atoms with Crippen molar-refractivity contribution >= 4 is 23.1 Å². The fourth-order valence-electron chi connectivity index (χ4n) is 2.22. The summed E-state index contributed by atoms with van der Waals surface area (Å²) in [6.45, 7) is 0.878. The first-order valence-electron chi connectivity index (χ1n) is 6.13. The first-order valence-corrected chi connectivity index (χ1v) is 7.29. The van der Waals surface area contributed by atoms with Crippen LogP contribution in [-0.4, -0.2) is 29.8 Å². The average molecular weight is 282 g/mol. The fourth-order valence-corrected chi connectivity index (χ4v) is 3.51. The smallest absolute Gasteiger partial charge is 0.296 e. The summed E-state index contributed by atoms with van der Waals surface area (Å²) in [5, 5.41) is 14.3. The number of hydrogen-bond acceptors (Lipinski definition) is 6. The van der Waals surface area contributed by atoms with Crippen LogP contribution in [0.3, 0.4) is 0 Å². The predicted molar refractivity (Wildman–Crippen MR) is 73.1 cm³/mol. The predicted octanol–water partition coefficient (Wildman–Crippen LogP) is 2.49. The van der Waals surface area contributed by atoms with Crippen molar-refractivity contribution in [2.24, 2.45) is 5.92 Å². The van der Waals surface area contributed by atoms with Crippen molar-refractivity contribution in [1.82, 2.24) is 0 Å². The SMILES string of the molecule is O=[N+]([O-])c1cc2c(cc1NCC1CCSC1)OCO2. The second-order valence-corrected chi connectivity index (χ2v) is 5.74. The first kappa shape index (κ1) is 12.4. The van der Waals surface area contributed by atoms with E-state index >= 15 is 0 Å². The normalized spacial score (nSPS) is 20.5. The van der Waals surface area contributed by atoms with Crippen molar-refractivity contribution in [2.75, 3.05) is 30.2 Å². The van der Waals surface area contributed by atoms with Gasteiger partial charge in [0.2, 0.25) is 6.79 Å². The van der Waals surface area contributed by atoms with Gasteiger partial charge in [0.25, 0.3) is 5.69 Å². The number of rotatable bonds is 4. The van der Waals surface area contributed by atoms with Gasteiger partial charge in [-0.2, -0.15) is 11.8 Å². The van der Waals surface area contributed by atoms with Gasteiger partial charge in [-0.1, -0.05) is 0 Å². The largest absolute Gasteiger partial charge is 0.454 e. The van der Waals surface area contributed by atoms with Crippen LogP contribution in [0.25, 0.3) is 0 Å². The molecule has 0 aromatic heterocycles. The zero-order valence-electron chi connectivity index (χ0n) is 10.3. The zero-order chi connectivity index (χ0) is 13.2. The van der Waals surface area contributed by atoms with Gasteiger partial charge in [-0.3, -0.25) is 10.1 Å². The molecule has 7 heteroatoms. The summed E-state index contributed by atoms with van der Waals surface area (Å²) in [6, 6.07) is 3.08. The molecule has 1 aromatic rings. The maximum absolute atomic E-state index is 11.1. The molecule has 1 unspecified atom stereocenters. The van der Waals surface area contributed by atoms with Crippen LogP contribution in [-0.2, 0) is 0 Å². The Balaban J connectivity index is 1.80. The number of thioether (sulfide) groups is 1. The third-order valence-electron chi connectivity index (χ3n) is 3.29. The molecule has 19 heavy (non-hydrogen) atoms. The summed E-state index contributed by atoms with van der Waals surface area (Å²) in [6.07, 6.45) is 1.16. The van der Waals surface area contributed by atoms with E-state index in [-0.39, 0.29) is 12.5 Å².